The third-order valence-corrected chi connectivity index (χ3v) is 10.7. The summed E-state index contributed by atoms with van der Waals surface area (Å²) in [5.41, 5.74) is 0.976. The minimum absolute atomic E-state index is 0.0367. The van der Waals surface area contributed by atoms with Crippen molar-refractivity contribution < 1.29 is 18.1 Å². The van der Waals surface area contributed by atoms with Gasteiger partial charge in [0.1, 0.15) is 4.21 Å². The fourth-order valence-corrected chi connectivity index (χ4v) is 8.46. The van der Waals surface area contributed by atoms with Gasteiger partial charge in [0.05, 0.1) is 35.4 Å². The molecule has 37 heavy (non-hydrogen) atoms. The first kappa shape index (κ1) is 28.0. The van der Waals surface area contributed by atoms with Crippen LogP contribution in [0.15, 0.2) is 50.7 Å². The Morgan fingerprint density at radius 2 is 1.97 bits per heavy atom. The van der Waals surface area contributed by atoms with Gasteiger partial charge in [-0.05, 0) is 31.3 Å². The van der Waals surface area contributed by atoms with Crippen LogP contribution in [0.4, 0.5) is 5.69 Å². The van der Waals surface area contributed by atoms with Gasteiger partial charge in [-0.15, -0.1) is 11.3 Å². The molecule has 0 saturated carbocycles. The van der Waals surface area contributed by atoms with Crippen LogP contribution in [0.5, 0.6) is 0 Å². The van der Waals surface area contributed by atoms with Gasteiger partial charge in [0.25, 0.3) is 5.69 Å². The number of benzene rings is 1. The van der Waals surface area contributed by atoms with Crippen molar-refractivity contribution in [2.45, 2.75) is 26.5 Å². The number of thiophene rings is 1. The highest BCUT2D eigenvalue weighted by Crippen LogP contribution is 2.46. The zero-order valence-electron chi connectivity index (χ0n) is 19.7. The van der Waals surface area contributed by atoms with Gasteiger partial charge in [0.15, 0.2) is 15.6 Å². The summed E-state index contributed by atoms with van der Waals surface area (Å²) < 4.78 is 25.8. The monoisotopic (exact) mass is 600 g/mol. The van der Waals surface area contributed by atoms with Gasteiger partial charge in [-0.3, -0.25) is 19.9 Å². The Morgan fingerprint density at radius 3 is 2.62 bits per heavy atom. The lowest BCUT2D eigenvalue weighted by molar-refractivity contribution is -0.387. The molecule has 0 amide bonds. The molecule has 0 saturated heterocycles. The van der Waals surface area contributed by atoms with Crippen molar-refractivity contribution in [2.75, 3.05) is 32.9 Å². The Morgan fingerprint density at radius 1 is 1.27 bits per heavy atom. The number of nitrogens with zero attached hydrogens (tertiary/aromatic N) is 3. The molecule has 0 radical (unpaired) electrons. The number of carbonyl (C=O) groups excluding carboxylic acids is 1. The fraction of sp³-hybridized carbons (Fsp3) is 0.304. The Hall–Kier alpha value is -2.06. The first-order chi connectivity index (χ1) is 17.5. The molecule has 0 bridgehead atoms. The van der Waals surface area contributed by atoms with Crippen molar-refractivity contribution in [3.05, 3.63) is 72.8 Å². The summed E-state index contributed by atoms with van der Waals surface area (Å²) in [5, 5.41) is 15.4. The molecule has 1 aliphatic rings. The van der Waals surface area contributed by atoms with E-state index in [1.54, 1.807) is 12.1 Å². The van der Waals surface area contributed by atoms with Gasteiger partial charge in [-0.25, -0.2) is 8.42 Å². The van der Waals surface area contributed by atoms with Crippen LogP contribution in [0.25, 0.3) is 0 Å². The molecule has 1 atom stereocenters. The summed E-state index contributed by atoms with van der Waals surface area (Å²) in [6.07, 6.45) is 2.66. The van der Waals surface area contributed by atoms with Gasteiger partial charge in [-0.2, -0.15) is 0 Å². The summed E-state index contributed by atoms with van der Waals surface area (Å²) in [6.45, 7) is 1.41. The highest BCUT2D eigenvalue weighted by molar-refractivity contribution is 8.01. The average molecular weight is 602 g/mol. The lowest BCUT2D eigenvalue weighted by atomic mass is 10.0. The smallest absolute Gasteiger partial charge is 0.294 e. The van der Waals surface area contributed by atoms with E-state index in [-0.39, 0.29) is 53.7 Å². The lowest BCUT2D eigenvalue weighted by Crippen LogP contribution is -2.30. The molecule has 1 aliphatic heterocycles. The molecular formula is C23H22Cl2N4O5S3. The summed E-state index contributed by atoms with van der Waals surface area (Å²) in [5.74, 6) is -0.395. The van der Waals surface area contributed by atoms with Crippen LogP contribution in [0.1, 0.15) is 26.8 Å². The number of rotatable bonds is 10. The standard InChI is InChI=1S/C23H22Cl2N4O5S3/c1-28(2)6-5-27-17-12-37(33,34)21-8-13(3-4-14(17)21)7-19(30)20-9-18(29(31)32)23(35-20)36-22-15(24)10-26-11-16(22)25/h3-4,8-11,17,27H,5-7,12H2,1-2H3. The predicted octanol–water partition coefficient (Wildman–Crippen LogP) is 4.91. The van der Waals surface area contributed by atoms with E-state index in [9.17, 15) is 23.3 Å². The molecule has 0 spiro atoms. The van der Waals surface area contributed by atoms with Crippen molar-refractivity contribution in [2.24, 2.45) is 0 Å². The van der Waals surface area contributed by atoms with E-state index in [1.165, 1.54) is 24.5 Å². The largest absolute Gasteiger partial charge is 0.308 e. The minimum Gasteiger partial charge on any atom is -0.308 e. The molecule has 0 fully saturated rings. The number of ketones is 1. The topological polar surface area (TPSA) is 123 Å². The molecule has 4 rings (SSSR count). The zero-order valence-corrected chi connectivity index (χ0v) is 23.7. The van der Waals surface area contributed by atoms with Crippen LogP contribution in [0.3, 0.4) is 0 Å². The number of hydrogen-bond donors (Lipinski definition) is 1. The molecule has 1 unspecified atom stereocenters. The van der Waals surface area contributed by atoms with Crippen LogP contribution in [0, 0.1) is 10.1 Å². The quantitative estimate of drug-likeness (QED) is 0.196. The van der Waals surface area contributed by atoms with E-state index in [1.807, 2.05) is 19.0 Å². The average Bonchev–Trinajstić information content (AvgIpc) is 3.35. The van der Waals surface area contributed by atoms with E-state index in [2.05, 4.69) is 10.3 Å². The predicted molar refractivity (Wildman–Crippen MR) is 145 cm³/mol. The number of carbonyl (C=O) groups is 1. The Kier molecular flexibility index (Phi) is 8.58. The number of halogens is 2. The van der Waals surface area contributed by atoms with Crippen LogP contribution < -0.4 is 5.32 Å². The number of Topliss-reactive ketones (excluding diaryl/α,β-unsaturated/α-hetero) is 1. The Bertz CT molecular complexity index is 1460. The third-order valence-electron chi connectivity index (χ3n) is 5.64. The maximum absolute atomic E-state index is 13.1. The minimum atomic E-state index is -3.49. The highest BCUT2D eigenvalue weighted by atomic mass is 35.5. The number of fused-ring (bicyclic) bond motifs is 1. The number of nitro groups is 1. The molecule has 3 heterocycles. The molecule has 2 aromatic heterocycles. The fourth-order valence-electron chi connectivity index (χ4n) is 3.84. The van der Waals surface area contributed by atoms with E-state index >= 15 is 0 Å². The number of pyridine rings is 1. The van der Waals surface area contributed by atoms with Gasteiger partial charge in [-0.1, -0.05) is 47.1 Å². The molecule has 14 heteroatoms. The van der Waals surface area contributed by atoms with Crippen molar-refractivity contribution in [1.82, 2.24) is 15.2 Å². The lowest BCUT2D eigenvalue weighted by Gasteiger charge is -2.15. The molecule has 1 aromatic carbocycles. The van der Waals surface area contributed by atoms with Crippen molar-refractivity contribution in [3.8, 4) is 0 Å². The number of hydrogen-bond acceptors (Lipinski definition) is 10. The van der Waals surface area contributed by atoms with Crippen molar-refractivity contribution in [3.63, 3.8) is 0 Å². The van der Waals surface area contributed by atoms with E-state index in [4.69, 9.17) is 23.2 Å². The van der Waals surface area contributed by atoms with E-state index < -0.39 is 14.8 Å². The zero-order chi connectivity index (χ0) is 26.9. The normalized spacial score (nSPS) is 16.2. The molecule has 3 aromatic rings. The van der Waals surface area contributed by atoms with E-state index in [0.717, 1.165) is 29.6 Å². The van der Waals surface area contributed by atoms with Crippen LogP contribution in [0.2, 0.25) is 10.0 Å². The number of sulfone groups is 1. The third kappa shape index (κ3) is 6.33. The summed E-state index contributed by atoms with van der Waals surface area (Å²) >= 11 is 14.3. The van der Waals surface area contributed by atoms with Gasteiger partial charge in [0.2, 0.25) is 0 Å². The Labute approximate surface area is 232 Å². The number of nitrogens with one attached hydrogen (secondary N) is 1. The molecule has 1 N–H and O–H groups in total. The summed E-state index contributed by atoms with van der Waals surface area (Å²) in [4.78, 5) is 30.8. The highest BCUT2D eigenvalue weighted by Gasteiger charge is 2.35. The maximum atomic E-state index is 13.1. The maximum Gasteiger partial charge on any atom is 0.294 e. The summed E-state index contributed by atoms with van der Waals surface area (Å²) in [6, 6.07) is 5.92. The van der Waals surface area contributed by atoms with Gasteiger partial charge in [0, 0.05) is 44.0 Å². The molecule has 196 valence electrons. The first-order valence-electron chi connectivity index (χ1n) is 11.0. The number of aromatic nitrogens is 1. The van der Waals surface area contributed by atoms with Crippen LogP contribution in [-0.2, 0) is 16.3 Å². The Balaban J connectivity index is 1.55. The SMILES string of the molecule is CN(C)CCNC1CS(=O)(=O)c2cc(CC(=O)c3cc([N+](=O)[O-])c(Sc4c(Cl)cncc4Cl)s3)ccc21. The second kappa shape index (κ2) is 11.4. The van der Waals surface area contributed by atoms with Crippen LogP contribution >= 0.6 is 46.3 Å². The molecule has 0 aliphatic carbocycles. The van der Waals surface area contributed by atoms with Gasteiger partial charge >= 0.3 is 0 Å². The summed E-state index contributed by atoms with van der Waals surface area (Å²) in [7, 11) is 0.392. The second-order valence-corrected chi connectivity index (χ2v) is 13.8. The van der Waals surface area contributed by atoms with E-state index in [0.29, 0.717) is 22.6 Å². The van der Waals surface area contributed by atoms with Crippen molar-refractivity contribution in [1.29, 1.82) is 0 Å². The van der Waals surface area contributed by atoms with Crippen LogP contribution in [-0.4, -0.2) is 61.9 Å². The van der Waals surface area contributed by atoms with Gasteiger partial charge < -0.3 is 10.2 Å². The van der Waals surface area contributed by atoms with Crippen molar-refractivity contribution >= 4 is 67.6 Å². The molecular weight excluding hydrogens is 579 g/mol. The molecule has 9 nitrogen and oxygen atoms in total. The second-order valence-electron chi connectivity index (χ2n) is 8.64. The number of likely N-dealkylation sites (N-methyl/N-ethyl adjacent to an activating group) is 1. The first-order valence-corrected chi connectivity index (χ1v) is 15.0.